The Labute approximate surface area is 109 Å². The van der Waals surface area contributed by atoms with E-state index in [1.54, 1.807) is 0 Å². The third-order valence-corrected chi connectivity index (χ3v) is 2.53. The fraction of sp³-hybridized carbons (Fsp3) is 0.273. The minimum Gasteiger partial charge on any atom is -0.340 e. The number of nitriles is 1. The van der Waals surface area contributed by atoms with E-state index in [1.165, 1.54) is 24.1 Å². The zero-order chi connectivity index (χ0) is 13.7. The largest absolute Gasteiger partial charge is 0.340 e. The van der Waals surface area contributed by atoms with Crippen LogP contribution in [0.5, 0.6) is 0 Å². The highest BCUT2D eigenvalue weighted by atomic mass is 35.5. The SMILES string of the molecule is CN(CCC#N)C(=O)c1ccc(Cl)cc1[N+](=O)[O-]. The van der Waals surface area contributed by atoms with Crippen molar-refractivity contribution in [2.24, 2.45) is 0 Å². The molecule has 7 heteroatoms. The first kappa shape index (κ1) is 13.9. The standard InChI is InChI=1S/C11H10ClN3O3/c1-14(6-2-5-13)11(16)9-4-3-8(12)7-10(9)15(17)18/h3-4,7H,2,6H2,1H3. The van der Waals surface area contributed by atoms with Crippen LogP contribution in [0.1, 0.15) is 16.8 Å². The number of nitrogens with zero attached hydrogens (tertiary/aromatic N) is 3. The quantitative estimate of drug-likeness (QED) is 0.618. The van der Waals surface area contributed by atoms with Gasteiger partial charge in [-0.2, -0.15) is 5.26 Å². The summed E-state index contributed by atoms with van der Waals surface area (Å²) in [5.41, 5.74) is -0.374. The summed E-state index contributed by atoms with van der Waals surface area (Å²) in [5, 5.41) is 19.5. The van der Waals surface area contributed by atoms with Gasteiger partial charge in [-0.25, -0.2) is 0 Å². The zero-order valence-corrected chi connectivity index (χ0v) is 10.3. The van der Waals surface area contributed by atoms with E-state index in [0.717, 1.165) is 6.07 Å². The van der Waals surface area contributed by atoms with E-state index in [0.29, 0.717) is 0 Å². The Kier molecular flexibility index (Phi) is 4.63. The highest BCUT2D eigenvalue weighted by molar-refractivity contribution is 6.31. The summed E-state index contributed by atoms with van der Waals surface area (Å²) >= 11 is 5.66. The molecule has 0 spiro atoms. The van der Waals surface area contributed by atoms with Crippen molar-refractivity contribution in [1.29, 1.82) is 5.26 Å². The highest BCUT2D eigenvalue weighted by Gasteiger charge is 2.22. The monoisotopic (exact) mass is 267 g/mol. The number of benzene rings is 1. The molecule has 0 atom stereocenters. The average molecular weight is 268 g/mol. The van der Waals surface area contributed by atoms with Gasteiger partial charge in [-0.15, -0.1) is 0 Å². The lowest BCUT2D eigenvalue weighted by Crippen LogP contribution is -2.28. The summed E-state index contributed by atoms with van der Waals surface area (Å²) in [5.74, 6) is -0.506. The van der Waals surface area contributed by atoms with Gasteiger partial charge in [0.2, 0.25) is 0 Å². The average Bonchev–Trinajstić information content (AvgIpc) is 2.34. The molecule has 1 rings (SSSR count). The minimum absolute atomic E-state index is 0.0372. The maximum atomic E-state index is 12.0. The van der Waals surface area contributed by atoms with Gasteiger partial charge in [-0.3, -0.25) is 14.9 Å². The molecule has 0 radical (unpaired) electrons. The Hall–Kier alpha value is -2.13. The predicted molar refractivity (Wildman–Crippen MR) is 65.3 cm³/mol. The molecule has 0 aliphatic rings. The van der Waals surface area contributed by atoms with Crippen molar-refractivity contribution >= 4 is 23.2 Å². The highest BCUT2D eigenvalue weighted by Crippen LogP contribution is 2.24. The summed E-state index contributed by atoms with van der Waals surface area (Å²) in [6.07, 6.45) is 0.170. The lowest BCUT2D eigenvalue weighted by molar-refractivity contribution is -0.385. The second-order valence-corrected chi connectivity index (χ2v) is 3.99. The van der Waals surface area contributed by atoms with Gasteiger partial charge in [0, 0.05) is 24.7 Å². The molecule has 1 aromatic carbocycles. The number of rotatable bonds is 4. The van der Waals surface area contributed by atoms with Crippen molar-refractivity contribution in [3.8, 4) is 6.07 Å². The number of carbonyl (C=O) groups excluding carboxylic acids is 1. The number of amides is 1. The van der Waals surface area contributed by atoms with Gasteiger partial charge < -0.3 is 4.90 Å². The van der Waals surface area contributed by atoms with E-state index in [-0.39, 0.29) is 29.2 Å². The van der Waals surface area contributed by atoms with Gasteiger partial charge in [0.15, 0.2) is 0 Å². The Morgan fingerprint density at radius 3 is 2.83 bits per heavy atom. The molecule has 0 aromatic heterocycles. The molecular formula is C11H10ClN3O3. The summed E-state index contributed by atoms with van der Waals surface area (Å²) in [4.78, 5) is 23.4. The maximum absolute atomic E-state index is 12.0. The molecule has 0 N–H and O–H groups in total. The Bertz CT molecular complexity index is 525. The molecule has 0 bridgehead atoms. The van der Waals surface area contributed by atoms with Crippen molar-refractivity contribution in [2.45, 2.75) is 6.42 Å². The number of hydrogen-bond donors (Lipinski definition) is 0. The van der Waals surface area contributed by atoms with E-state index in [9.17, 15) is 14.9 Å². The van der Waals surface area contributed by atoms with Crippen molar-refractivity contribution in [3.05, 3.63) is 38.9 Å². The predicted octanol–water partition coefficient (Wildman–Crippen LogP) is 2.23. The molecule has 18 heavy (non-hydrogen) atoms. The van der Waals surface area contributed by atoms with E-state index in [2.05, 4.69) is 0 Å². The number of nitro groups is 1. The third-order valence-electron chi connectivity index (χ3n) is 2.29. The van der Waals surface area contributed by atoms with Gasteiger partial charge in [-0.1, -0.05) is 11.6 Å². The van der Waals surface area contributed by atoms with Crippen LogP contribution in [0.2, 0.25) is 5.02 Å². The van der Waals surface area contributed by atoms with Crippen molar-refractivity contribution in [3.63, 3.8) is 0 Å². The van der Waals surface area contributed by atoms with Crippen LogP contribution in [-0.4, -0.2) is 29.3 Å². The first-order valence-electron chi connectivity index (χ1n) is 5.03. The molecule has 6 nitrogen and oxygen atoms in total. The van der Waals surface area contributed by atoms with Crippen LogP contribution in [0.15, 0.2) is 18.2 Å². The lowest BCUT2D eigenvalue weighted by Gasteiger charge is -2.15. The first-order valence-corrected chi connectivity index (χ1v) is 5.41. The summed E-state index contributed by atoms with van der Waals surface area (Å²) < 4.78 is 0. The molecule has 0 aliphatic carbocycles. The molecule has 94 valence electrons. The smallest absolute Gasteiger partial charge is 0.283 e. The van der Waals surface area contributed by atoms with Gasteiger partial charge in [0.25, 0.3) is 11.6 Å². The number of halogens is 1. The molecule has 0 saturated carbocycles. The van der Waals surface area contributed by atoms with Crippen LogP contribution in [0.25, 0.3) is 0 Å². The molecule has 0 fully saturated rings. The summed E-state index contributed by atoms with van der Waals surface area (Å²) in [6, 6.07) is 5.76. The Balaban J connectivity index is 3.06. The number of nitro benzene ring substituents is 1. The first-order chi connectivity index (χ1) is 8.47. The van der Waals surface area contributed by atoms with Crippen LogP contribution in [0, 0.1) is 21.4 Å². The van der Waals surface area contributed by atoms with Gasteiger partial charge in [-0.05, 0) is 12.1 Å². The molecular weight excluding hydrogens is 258 g/mol. The third kappa shape index (κ3) is 3.18. The molecule has 0 saturated heterocycles. The minimum atomic E-state index is -0.656. The Morgan fingerprint density at radius 2 is 2.28 bits per heavy atom. The topological polar surface area (TPSA) is 87.2 Å². The molecule has 0 unspecified atom stereocenters. The fourth-order valence-corrected chi connectivity index (χ4v) is 1.53. The summed E-state index contributed by atoms with van der Waals surface area (Å²) in [7, 11) is 1.48. The van der Waals surface area contributed by atoms with Crippen LogP contribution < -0.4 is 0 Å². The maximum Gasteiger partial charge on any atom is 0.283 e. The molecule has 1 aromatic rings. The van der Waals surface area contributed by atoms with Gasteiger partial charge >= 0.3 is 0 Å². The van der Waals surface area contributed by atoms with Crippen molar-refractivity contribution in [2.75, 3.05) is 13.6 Å². The van der Waals surface area contributed by atoms with E-state index in [1.807, 2.05) is 6.07 Å². The molecule has 0 heterocycles. The molecule has 1 amide bonds. The van der Waals surface area contributed by atoms with E-state index >= 15 is 0 Å². The summed E-state index contributed by atoms with van der Waals surface area (Å²) in [6.45, 7) is 0.217. The van der Waals surface area contributed by atoms with Crippen molar-refractivity contribution < 1.29 is 9.72 Å². The molecule has 0 aliphatic heterocycles. The van der Waals surface area contributed by atoms with Crippen LogP contribution >= 0.6 is 11.6 Å². The zero-order valence-electron chi connectivity index (χ0n) is 9.59. The van der Waals surface area contributed by atoms with Crippen LogP contribution in [0.3, 0.4) is 0 Å². The van der Waals surface area contributed by atoms with E-state index < -0.39 is 10.8 Å². The van der Waals surface area contributed by atoms with Gasteiger partial charge in [0.1, 0.15) is 5.56 Å². The van der Waals surface area contributed by atoms with Crippen molar-refractivity contribution in [1.82, 2.24) is 4.90 Å². The Morgan fingerprint density at radius 1 is 1.61 bits per heavy atom. The second-order valence-electron chi connectivity index (χ2n) is 3.55. The second kappa shape index (κ2) is 5.98. The number of carbonyl (C=O) groups is 1. The number of hydrogen-bond acceptors (Lipinski definition) is 4. The fourth-order valence-electron chi connectivity index (χ4n) is 1.36. The van der Waals surface area contributed by atoms with Crippen LogP contribution in [-0.2, 0) is 0 Å². The lowest BCUT2D eigenvalue weighted by atomic mass is 10.1. The van der Waals surface area contributed by atoms with Crippen LogP contribution in [0.4, 0.5) is 5.69 Å². The van der Waals surface area contributed by atoms with E-state index in [4.69, 9.17) is 16.9 Å². The normalized spacial score (nSPS) is 9.61. The van der Waals surface area contributed by atoms with Gasteiger partial charge in [0.05, 0.1) is 17.4 Å².